The number of nitrogens with one attached hydrogen (secondary N) is 1. The van der Waals surface area contributed by atoms with E-state index in [0.29, 0.717) is 0 Å². The summed E-state index contributed by atoms with van der Waals surface area (Å²) < 4.78 is 4.48. The summed E-state index contributed by atoms with van der Waals surface area (Å²) in [5.41, 5.74) is 0.971. The van der Waals surface area contributed by atoms with Gasteiger partial charge in [0.2, 0.25) is 0 Å². The predicted molar refractivity (Wildman–Crippen MR) is 50.8 cm³/mol. The number of aromatic nitrogens is 1. The molecular formula is C8H12N2O2S. The lowest BCUT2D eigenvalue weighted by Gasteiger charge is -2.08. The molecule has 0 fully saturated rings. The van der Waals surface area contributed by atoms with Gasteiger partial charge in [-0.2, -0.15) is 0 Å². The maximum absolute atomic E-state index is 10.8. The van der Waals surface area contributed by atoms with E-state index < -0.39 is 6.09 Å². The van der Waals surface area contributed by atoms with Crippen LogP contribution in [0.4, 0.5) is 4.79 Å². The van der Waals surface area contributed by atoms with Crippen LogP contribution in [0.15, 0.2) is 5.38 Å². The summed E-state index contributed by atoms with van der Waals surface area (Å²) in [6, 6.07) is -0.0915. The van der Waals surface area contributed by atoms with Crippen molar-refractivity contribution in [2.24, 2.45) is 0 Å². The van der Waals surface area contributed by atoms with E-state index in [1.54, 1.807) is 0 Å². The van der Waals surface area contributed by atoms with Gasteiger partial charge >= 0.3 is 6.09 Å². The van der Waals surface area contributed by atoms with Crippen LogP contribution in [0.1, 0.15) is 23.7 Å². The second-order valence-electron chi connectivity index (χ2n) is 2.68. The zero-order valence-corrected chi connectivity index (χ0v) is 8.64. The molecule has 1 unspecified atom stereocenters. The van der Waals surface area contributed by atoms with Gasteiger partial charge < -0.3 is 10.1 Å². The maximum atomic E-state index is 10.8. The predicted octanol–water partition coefficient (Wildman–Crippen LogP) is 1.87. The van der Waals surface area contributed by atoms with Crippen LogP contribution in [-0.2, 0) is 4.74 Å². The van der Waals surface area contributed by atoms with Crippen molar-refractivity contribution in [1.29, 1.82) is 0 Å². The SMILES string of the molecule is COC(=O)NC(C)c1nc(C)cs1. The number of methoxy groups -OCH3 is 1. The van der Waals surface area contributed by atoms with E-state index in [-0.39, 0.29) is 6.04 Å². The number of hydrogen-bond donors (Lipinski definition) is 1. The van der Waals surface area contributed by atoms with Crippen molar-refractivity contribution in [1.82, 2.24) is 10.3 Å². The van der Waals surface area contributed by atoms with Crippen LogP contribution in [-0.4, -0.2) is 18.2 Å². The third kappa shape index (κ3) is 2.69. The van der Waals surface area contributed by atoms with Gasteiger partial charge in [0, 0.05) is 11.1 Å². The topological polar surface area (TPSA) is 51.2 Å². The Kier molecular flexibility index (Phi) is 3.25. The molecule has 1 aromatic heterocycles. The van der Waals surface area contributed by atoms with Crippen molar-refractivity contribution in [3.8, 4) is 0 Å². The second kappa shape index (κ2) is 4.23. The number of alkyl carbamates (subject to hydrolysis) is 1. The van der Waals surface area contributed by atoms with Gasteiger partial charge in [0.05, 0.1) is 13.2 Å². The molecule has 72 valence electrons. The zero-order chi connectivity index (χ0) is 9.84. The molecule has 1 heterocycles. The summed E-state index contributed by atoms with van der Waals surface area (Å²) in [5, 5.41) is 5.49. The quantitative estimate of drug-likeness (QED) is 0.792. The van der Waals surface area contributed by atoms with Crippen LogP contribution in [0.3, 0.4) is 0 Å². The van der Waals surface area contributed by atoms with Crippen LogP contribution >= 0.6 is 11.3 Å². The molecule has 1 amide bonds. The Balaban J connectivity index is 2.58. The molecule has 13 heavy (non-hydrogen) atoms. The van der Waals surface area contributed by atoms with E-state index >= 15 is 0 Å². The third-order valence-corrected chi connectivity index (χ3v) is 2.67. The minimum Gasteiger partial charge on any atom is -0.453 e. The first-order valence-electron chi connectivity index (χ1n) is 3.90. The van der Waals surface area contributed by atoms with Gasteiger partial charge in [0.25, 0.3) is 0 Å². The summed E-state index contributed by atoms with van der Waals surface area (Å²) >= 11 is 1.53. The lowest BCUT2D eigenvalue weighted by Crippen LogP contribution is -2.26. The van der Waals surface area contributed by atoms with Crippen LogP contribution in [0.2, 0.25) is 0 Å². The number of carbonyl (C=O) groups excluding carboxylic acids is 1. The molecule has 1 N–H and O–H groups in total. The molecule has 0 aliphatic rings. The number of aryl methyl sites for hydroxylation is 1. The molecule has 5 heteroatoms. The van der Waals surface area contributed by atoms with Crippen LogP contribution in [0.5, 0.6) is 0 Å². The zero-order valence-electron chi connectivity index (χ0n) is 7.83. The van der Waals surface area contributed by atoms with Crippen molar-refractivity contribution >= 4 is 17.4 Å². The van der Waals surface area contributed by atoms with E-state index in [4.69, 9.17) is 0 Å². The largest absolute Gasteiger partial charge is 0.453 e. The number of rotatable bonds is 2. The molecule has 0 bridgehead atoms. The minimum absolute atomic E-state index is 0.0915. The first kappa shape index (κ1) is 9.98. The van der Waals surface area contributed by atoms with E-state index in [1.807, 2.05) is 19.2 Å². The highest BCUT2D eigenvalue weighted by molar-refractivity contribution is 7.09. The van der Waals surface area contributed by atoms with Crippen molar-refractivity contribution in [3.63, 3.8) is 0 Å². The number of nitrogens with zero attached hydrogens (tertiary/aromatic N) is 1. The number of carbonyl (C=O) groups is 1. The van der Waals surface area contributed by atoms with E-state index in [1.165, 1.54) is 18.4 Å². The third-order valence-electron chi connectivity index (χ3n) is 1.53. The Hall–Kier alpha value is -1.10. The van der Waals surface area contributed by atoms with Crippen molar-refractivity contribution in [3.05, 3.63) is 16.1 Å². The highest BCUT2D eigenvalue weighted by Crippen LogP contribution is 2.17. The van der Waals surface area contributed by atoms with E-state index in [9.17, 15) is 4.79 Å². The standard InChI is InChI=1S/C8H12N2O2S/c1-5-4-13-7(9-5)6(2)10-8(11)12-3/h4,6H,1-3H3,(H,10,11). The number of ether oxygens (including phenoxy) is 1. The fourth-order valence-corrected chi connectivity index (χ4v) is 1.67. The average Bonchev–Trinajstić information content (AvgIpc) is 2.51. The van der Waals surface area contributed by atoms with Crippen molar-refractivity contribution in [2.45, 2.75) is 19.9 Å². The van der Waals surface area contributed by atoms with E-state index in [0.717, 1.165) is 10.7 Å². The summed E-state index contributed by atoms with van der Waals surface area (Å²) in [6.07, 6.45) is -0.430. The number of amides is 1. The summed E-state index contributed by atoms with van der Waals surface area (Å²) in [4.78, 5) is 15.1. The van der Waals surface area contributed by atoms with Crippen molar-refractivity contribution in [2.75, 3.05) is 7.11 Å². The Bertz CT molecular complexity index is 298. The highest BCUT2D eigenvalue weighted by atomic mass is 32.1. The minimum atomic E-state index is -0.430. The molecular weight excluding hydrogens is 188 g/mol. The first-order valence-corrected chi connectivity index (χ1v) is 4.78. The maximum Gasteiger partial charge on any atom is 0.407 e. The summed E-state index contributed by atoms with van der Waals surface area (Å²) in [5.74, 6) is 0. The Labute approximate surface area is 80.9 Å². The fraction of sp³-hybridized carbons (Fsp3) is 0.500. The Morgan fingerprint density at radius 3 is 2.92 bits per heavy atom. The van der Waals surface area contributed by atoms with Crippen LogP contribution in [0, 0.1) is 6.92 Å². The molecule has 0 radical (unpaired) electrons. The number of hydrogen-bond acceptors (Lipinski definition) is 4. The molecule has 0 spiro atoms. The highest BCUT2D eigenvalue weighted by Gasteiger charge is 2.11. The molecule has 1 aromatic rings. The van der Waals surface area contributed by atoms with E-state index in [2.05, 4.69) is 15.0 Å². The molecule has 0 saturated carbocycles. The van der Waals surface area contributed by atoms with Crippen LogP contribution < -0.4 is 5.32 Å². The van der Waals surface area contributed by atoms with Crippen molar-refractivity contribution < 1.29 is 9.53 Å². The number of thiazole rings is 1. The molecule has 0 aliphatic heterocycles. The molecule has 0 aliphatic carbocycles. The molecule has 0 saturated heterocycles. The smallest absolute Gasteiger partial charge is 0.407 e. The van der Waals surface area contributed by atoms with Gasteiger partial charge in [-0.1, -0.05) is 0 Å². The van der Waals surface area contributed by atoms with Crippen LogP contribution in [0.25, 0.3) is 0 Å². The molecule has 4 nitrogen and oxygen atoms in total. The van der Waals surface area contributed by atoms with Gasteiger partial charge in [0.15, 0.2) is 0 Å². The molecule has 0 aromatic carbocycles. The van der Waals surface area contributed by atoms with Gasteiger partial charge in [-0.05, 0) is 13.8 Å². The lowest BCUT2D eigenvalue weighted by molar-refractivity contribution is 0.167. The Morgan fingerprint density at radius 2 is 2.46 bits per heavy atom. The lowest BCUT2D eigenvalue weighted by atomic mass is 10.3. The van der Waals surface area contributed by atoms with Gasteiger partial charge in [-0.25, -0.2) is 9.78 Å². The molecule has 1 atom stereocenters. The summed E-state index contributed by atoms with van der Waals surface area (Å²) in [6.45, 7) is 3.79. The summed E-state index contributed by atoms with van der Waals surface area (Å²) in [7, 11) is 1.34. The van der Waals surface area contributed by atoms with Gasteiger partial charge in [0.1, 0.15) is 5.01 Å². The normalized spacial score (nSPS) is 12.2. The Morgan fingerprint density at radius 1 is 1.77 bits per heavy atom. The van der Waals surface area contributed by atoms with Gasteiger partial charge in [-0.3, -0.25) is 0 Å². The fourth-order valence-electron chi connectivity index (χ4n) is 0.868. The monoisotopic (exact) mass is 200 g/mol. The average molecular weight is 200 g/mol. The first-order chi connectivity index (χ1) is 6.13. The second-order valence-corrected chi connectivity index (χ2v) is 3.57. The molecule has 1 rings (SSSR count). The van der Waals surface area contributed by atoms with Gasteiger partial charge in [-0.15, -0.1) is 11.3 Å².